The topological polar surface area (TPSA) is 87.0 Å². The molecular formula is C9H14N4O3. The van der Waals surface area contributed by atoms with Crippen LogP contribution in [0.2, 0.25) is 0 Å². The van der Waals surface area contributed by atoms with Crippen molar-refractivity contribution in [1.29, 1.82) is 0 Å². The van der Waals surface area contributed by atoms with E-state index in [1.165, 1.54) is 0 Å². The van der Waals surface area contributed by atoms with Crippen LogP contribution in [0.4, 0.5) is 0 Å². The van der Waals surface area contributed by atoms with E-state index in [-0.39, 0.29) is 30.7 Å². The molecular weight excluding hydrogens is 212 g/mol. The monoisotopic (exact) mass is 226 g/mol. The fourth-order valence-electron chi connectivity index (χ4n) is 1.07. The molecule has 0 N–H and O–H groups in total. The van der Waals surface area contributed by atoms with Crippen molar-refractivity contribution >= 4 is 11.8 Å². The number of tetrazole rings is 1. The summed E-state index contributed by atoms with van der Waals surface area (Å²) in [7, 11) is 0. The third-order valence-corrected chi connectivity index (χ3v) is 1.86. The Kier molecular flexibility index (Phi) is 4.10. The van der Waals surface area contributed by atoms with Gasteiger partial charge in [-0.1, -0.05) is 13.8 Å². The van der Waals surface area contributed by atoms with Crippen LogP contribution in [0.1, 0.15) is 31.4 Å². The van der Waals surface area contributed by atoms with E-state index in [1.54, 1.807) is 20.8 Å². The average molecular weight is 226 g/mol. The van der Waals surface area contributed by atoms with Crippen molar-refractivity contribution in [2.24, 2.45) is 5.92 Å². The lowest BCUT2D eigenvalue weighted by Crippen LogP contribution is -2.21. The van der Waals surface area contributed by atoms with Crippen LogP contribution in [0.25, 0.3) is 0 Å². The van der Waals surface area contributed by atoms with Crippen molar-refractivity contribution in [3.8, 4) is 0 Å². The zero-order valence-corrected chi connectivity index (χ0v) is 9.51. The third kappa shape index (κ3) is 2.85. The molecule has 0 fully saturated rings. The van der Waals surface area contributed by atoms with Gasteiger partial charge in [-0.2, -0.15) is 0 Å². The SMILES string of the molecule is CCOC(=O)Cn1nnnc1C(=O)C(C)C. The summed E-state index contributed by atoms with van der Waals surface area (Å²) in [4.78, 5) is 22.9. The first-order valence-electron chi connectivity index (χ1n) is 5.02. The molecule has 1 aromatic heterocycles. The Bertz CT molecular complexity index is 386. The summed E-state index contributed by atoms with van der Waals surface area (Å²) in [6, 6.07) is 0. The normalized spacial score (nSPS) is 10.5. The molecule has 0 unspecified atom stereocenters. The number of carbonyl (C=O) groups is 2. The number of carbonyl (C=O) groups excluding carboxylic acids is 2. The second-order valence-electron chi connectivity index (χ2n) is 3.48. The number of nitrogens with zero attached hydrogens (tertiary/aromatic N) is 4. The molecule has 7 heteroatoms. The lowest BCUT2D eigenvalue weighted by Gasteiger charge is -2.05. The Morgan fingerprint density at radius 3 is 2.69 bits per heavy atom. The molecule has 0 spiro atoms. The van der Waals surface area contributed by atoms with E-state index in [9.17, 15) is 9.59 Å². The summed E-state index contributed by atoms with van der Waals surface area (Å²) >= 11 is 0. The number of ketones is 1. The molecule has 0 saturated carbocycles. The molecule has 0 aliphatic heterocycles. The van der Waals surface area contributed by atoms with Gasteiger partial charge in [0, 0.05) is 5.92 Å². The van der Waals surface area contributed by atoms with Gasteiger partial charge in [-0.05, 0) is 17.4 Å². The van der Waals surface area contributed by atoms with E-state index >= 15 is 0 Å². The Morgan fingerprint density at radius 2 is 2.12 bits per heavy atom. The maximum absolute atomic E-state index is 11.7. The lowest BCUT2D eigenvalue weighted by atomic mass is 10.1. The fraction of sp³-hybridized carbons (Fsp3) is 0.667. The molecule has 1 heterocycles. The molecule has 0 bridgehead atoms. The maximum atomic E-state index is 11.7. The Labute approximate surface area is 92.8 Å². The molecule has 16 heavy (non-hydrogen) atoms. The number of hydrogen-bond donors (Lipinski definition) is 0. The van der Waals surface area contributed by atoms with Crippen LogP contribution in [-0.4, -0.2) is 38.6 Å². The summed E-state index contributed by atoms with van der Waals surface area (Å²) in [5.74, 6) is -0.795. The summed E-state index contributed by atoms with van der Waals surface area (Å²) in [6.45, 7) is 5.33. The molecule has 0 aliphatic carbocycles. The Hall–Kier alpha value is -1.79. The number of aromatic nitrogens is 4. The first-order chi connectivity index (χ1) is 7.56. The molecule has 0 amide bonds. The Balaban J connectivity index is 2.78. The average Bonchev–Trinajstić information content (AvgIpc) is 2.64. The highest BCUT2D eigenvalue weighted by atomic mass is 16.5. The van der Waals surface area contributed by atoms with Crippen molar-refractivity contribution in [1.82, 2.24) is 20.2 Å². The van der Waals surface area contributed by atoms with Crippen molar-refractivity contribution in [2.45, 2.75) is 27.3 Å². The molecule has 1 aromatic rings. The van der Waals surface area contributed by atoms with E-state index in [0.29, 0.717) is 0 Å². The molecule has 7 nitrogen and oxygen atoms in total. The van der Waals surface area contributed by atoms with E-state index in [2.05, 4.69) is 15.5 Å². The fourth-order valence-corrected chi connectivity index (χ4v) is 1.07. The first-order valence-corrected chi connectivity index (χ1v) is 5.02. The molecule has 0 aromatic carbocycles. The minimum absolute atomic E-state index is 0.0862. The predicted molar refractivity (Wildman–Crippen MR) is 53.6 cm³/mol. The maximum Gasteiger partial charge on any atom is 0.327 e. The number of hydrogen-bond acceptors (Lipinski definition) is 6. The van der Waals surface area contributed by atoms with Gasteiger partial charge in [0.25, 0.3) is 0 Å². The van der Waals surface area contributed by atoms with Gasteiger partial charge in [0.05, 0.1) is 6.61 Å². The van der Waals surface area contributed by atoms with Crippen LogP contribution in [0, 0.1) is 5.92 Å². The number of esters is 1. The predicted octanol–water partition coefficient (Wildman–Crippen LogP) is 0.0749. The summed E-state index contributed by atoms with van der Waals surface area (Å²) in [6.07, 6.45) is 0. The highest BCUT2D eigenvalue weighted by Crippen LogP contribution is 2.04. The second-order valence-corrected chi connectivity index (χ2v) is 3.48. The zero-order chi connectivity index (χ0) is 12.1. The van der Waals surface area contributed by atoms with Gasteiger partial charge in [-0.15, -0.1) is 5.10 Å². The highest BCUT2D eigenvalue weighted by Gasteiger charge is 2.20. The summed E-state index contributed by atoms with van der Waals surface area (Å²) < 4.78 is 5.90. The third-order valence-electron chi connectivity index (χ3n) is 1.86. The molecule has 0 radical (unpaired) electrons. The van der Waals surface area contributed by atoms with Crippen LogP contribution in [0.5, 0.6) is 0 Å². The standard InChI is InChI=1S/C9H14N4O3/c1-4-16-7(14)5-13-9(10-11-12-13)8(15)6(2)3/h6H,4-5H2,1-3H3. The van der Waals surface area contributed by atoms with E-state index < -0.39 is 5.97 Å². The van der Waals surface area contributed by atoms with E-state index in [1.807, 2.05) is 0 Å². The van der Waals surface area contributed by atoms with Gasteiger partial charge in [-0.25, -0.2) is 4.68 Å². The number of rotatable bonds is 5. The highest BCUT2D eigenvalue weighted by molar-refractivity contribution is 5.94. The van der Waals surface area contributed by atoms with Crippen molar-refractivity contribution in [2.75, 3.05) is 6.61 Å². The van der Waals surface area contributed by atoms with Crippen LogP contribution < -0.4 is 0 Å². The van der Waals surface area contributed by atoms with Crippen molar-refractivity contribution < 1.29 is 14.3 Å². The van der Waals surface area contributed by atoms with Gasteiger partial charge < -0.3 is 4.74 Å². The van der Waals surface area contributed by atoms with Gasteiger partial charge in [-0.3, -0.25) is 9.59 Å². The van der Waals surface area contributed by atoms with E-state index in [4.69, 9.17) is 4.74 Å². The summed E-state index contributed by atoms with van der Waals surface area (Å²) in [5, 5.41) is 10.5. The quantitative estimate of drug-likeness (QED) is 0.521. The Morgan fingerprint density at radius 1 is 1.44 bits per heavy atom. The van der Waals surface area contributed by atoms with E-state index in [0.717, 1.165) is 4.68 Å². The van der Waals surface area contributed by atoms with Gasteiger partial charge in [0.15, 0.2) is 0 Å². The molecule has 0 saturated heterocycles. The van der Waals surface area contributed by atoms with Gasteiger partial charge in [0.2, 0.25) is 11.6 Å². The van der Waals surface area contributed by atoms with Crippen molar-refractivity contribution in [3.05, 3.63) is 5.82 Å². The van der Waals surface area contributed by atoms with Crippen molar-refractivity contribution in [3.63, 3.8) is 0 Å². The van der Waals surface area contributed by atoms with Gasteiger partial charge in [0.1, 0.15) is 6.54 Å². The van der Waals surface area contributed by atoms with Crippen LogP contribution in [0.15, 0.2) is 0 Å². The zero-order valence-electron chi connectivity index (χ0n) is 9.51. The molecule has 1 rings (SSSR count). The smallest absolute Gasteiger partial charge is 0.327 e. The largest absolute Gasteiger partial charge is 0.465 e. The first kappa shape index (κ1) is 12.3. The minimum Gasteiger partial charge on any atom is -0.465 e. The lowest BCUT2D eigenvalue weighted by molar-refractivity contribution is -0.144. The second kappa shape index (κ2) is 5.34. The molecule has 0 atom stereocenters. The van der Waals surface area contributed by atoms with Crippen LogP contribution in [-0.2, 0) is 16.1 Å². The van der Waals surface area contributed by atoms with Crippen LogP contribution >= 0.6 is 0 Å². The van der Waals surface area contributed by atoms with Crippen LogP contribution in [0.3, 0.4) is 0 Å². The molecule has 88 valence electrons. The summed E-state index contributed by atoms with van der Waals surface area (Å²) in [5.41, 5.74) is 0. The molecule has 0 aliphatic rings. The number of Topliss-reactive ketones (excluding diaryl/α,β-unsaturated/α-hetero) is 1. The minimum atomic E-state index is -0.465. The van der Waals surface area contributed by atoms with Gasteiger partial charge >= 0.3 is 5.97 Å². The number of ether oxygens (including phenoxy) is 1.